The van der Waals surface area contributed by atoms with Crippen molar-refractivity contribution < 1.29 is 4.74 Å². The quantitative estimate of drug-likeness (QED) is 0.740. The van der Waals surface area contributed by atoms with Crippen LogP contribution < -0.4 is 0 Å². The Kier molecular flexibility index (Phi) is 3.83. The molecule has 1 aromatic carbocycles. The number of rotatable bonds is 4. The fourth-order valence-corrected chi connectivity index (χ4v) is 3.21. The first kappa shape index (κ1) is 14.4. The summed E-state index contributed by atoms with van der Waals surface area (Å²) in [4.78, 5) is 9.36. The van der Waals surface area contributed by atoms with Crippen molar-refractivity contribution in [1.82, 2.24) is 14.5 Å². The van der Waals surface area contributed by atoms with Gasteiger partial charge in [0.25, 0.3) is 0 Å². The first-order valence-electron chi connectivity index (χ1n) is 8.27. The number of hydrogen-bond donors (Lipinski definition) is 0. The highest BCUT2D eigenvalue weighted by atomic mass is 16.5. The minimum absolute atomic E-state index is 0.283. The first-order valence-corrected chi connectivity index (χ1v) is 8.27. The normalized spacial score (nSPS) is 17.9. The number of benzene rings is 1. The lowest BCUT2D eigenvalue weighted by Crippen LogP contribution is -2.17. The van der Waals surface area contributed by atoms with Gasteiger partial charge >= 0.3 is 0 Å². The summed E-state index contributed by atoms with van der Waals surface area (Å²) >= 11 is 0. The summed E-state index contributed by atoms with van der Waals surface area (Å²) in [6.45, 7) is 3.83. The molecule has 1 unspecified atom stereocenters. The summed E-state index contributed by atoms with van der Waals surface area (Å²) in [5, 5.41) is 0. The smallest absolute Gasteiger partial charge is 0.160 e. The van der Waals surface area contributed by atoms with Crippen LogP contribution in [0, 0.1) is 6.92 Å². The molecule has 0 amide bonds. The van der Waals surface area contributed by atoms with Gasteiger partial charge in [-0.3, -0.25) is 0 Å². The minimum atomic E-state index is 0.283. The van der Waals surface area contributed by atoms with E-state index in [1.807, 2.05) is 18.3 Å². The molecule has 0 bridgehead atoms. The lowest BCUT2D eigenvalue weighted by atomic mass is 10.1. The average Bonchev–Trinajstić information content (AvgIpc) is 3.19. The zero-order chi connectivity index (χ0) is 15.6. The molecule has 1 saturated heterocycles. The molecule has 0 saturated carbocycles. The molecule has 0 aliphatic carbocycles. The van der Waals surface area contributed by atoms with Crippen molar-refractivity contribution in [1.29, 1.82) is 0 Å². The molecule has 2 aromatic heterocycles. The molecule has 1 aliphatic rings. The van der Waals surface area contributed by atoms with Gasteiger partial charge in [-0.15, -0.1) is 0 Å². The molecule has 3 heterocycles. The lowest BCUT2D eigenvalue weighted by molar-refractivity contribution is 0.0971. The van der Waals surface area contributed by atoms with Crippen molar-refractivity contribution in [3.8, 4) is 0 Å². The molecular weight excluding hydrogens is 286 g/mol. The van der Waals surface area contributed by atoms with Crippen LogP contribution in [0.4, 0.5) is 0 Å². The number of ether oxygens (including phenoxy) is 1. The van der Waals surface area contributed by atoms with E-state index < -0.39 is 0 Å². The van der Waals surface area contributed by atoms with Crippen molar-refractivity contribution in [3.05, 3.63) is 59.5 Å². The van der Waals surface area contributed by atoms with Crippen LogP contribution in [-0.4, -0.2) is 27.2 Å². The molecule has 1 aliphatic heterocycles. The van der Waals surface area contributed by atoms with E-state index in [2.05, 4.69) is 40.7 Å². The third-order valence-electron chi connectivity index (χ3n) is 4.48. The Morgan fingerprint density at radius 1 is 1.22 bits per heavy atom. The topological polar surface area (TPSA) is 39.9 Å². The van der Waals surface area contributed by atoms with Crippen LogP contribution in [0.2, 0.25) is 0 Å². The van der Waals surface area contributed by atoms with Crippen LogP contribution >= 0.6 is 0 Å². The van der Waals surface area contributed by atoms with Gasteiger partial charge in [-0.2, -0.15) is 0 Å². The Labute approximate surface area is 136 Å². The predicted molar refractivity (Wildman–Crippen MR) is 90.5 cm³/mol. The third kappa shape index (κ3) is 2.99. The largest absolute Gasteiger partial charge is 0.376 e. The van der Waals surface area contributed by atoms with Gasteiger partial charge in [-0.25, -0.2) is 9.97 Å². The molecule has 0 spiro atoms. The van der Waals surface area contributed by atoms with Crippen molar-refractivity contribution in [2.45, 2.75) is 38.8 Å². The van der Waals surface area contributed by atoms with Gasteiger partial charge in [0.15, 0.2) is 5.65 Å². The van der Waals surface area contributed by atoms with Gasteiger partial charge in [0.05, 0.1) is 12.6 Å². The van der Waals surface area contributed by atoms with E-state index in [9.17, 15) is 0 Å². The molecule has 4 nitrogen and oxygen atoms in total. The zero-order valence-corrected chi connectivity index (χ0v) is 13.4. The number of pyridine rings is 1. The van der Waals surface area contributed by atoms with Crippen molar-refractivity contribution >= 4 is 11.2 Å². The number of aromatic nitrogens is 3. The highest BCUT2D eigenvalue weighted by molar-refractivity contribution is 5.71. The highest BCUT2D eigenvalue weighted by Crippen LogP contribution is 2.21. The molecule has 23 heavy (non-hydrogen) atoms. The molecule has 4 rings (SSSR count). The van der Waals surface area contributed by atoms with Gasteiger partial charge in [0.2, 0.25) is 0 Å². The lowest BCUT2D eigenvalue weighted by Gasteiger charge is -2.13. The fourth-order valence-electron chi connectivity index (χ4n) is 3.21. The van der Waals surface area contributed by atoms with E-state index in [1.54, 1.807) is 0 Å². The first-order chi connectivity index (χ1) is 11.3. The third-order valence-corrected chi connectivity index (χ3v) is 4.48. The van der Waals surface area contributed by atoms with Gasteiger partial charge in [-0.1, -0.05) is 29.8 Å². The Balaban J connectivity index is 1.70. The van der Waals surface area contributed by atoms with Crippen LogP contribution in [-0.2, 0) is 17.7 Å². The van der Waals surface area contributed by atoms with E-state index in [0.717, 1.165) is 49.4 Å². The zero-order valence-electron chi connectivity index (χ0n) is 13.4. The van der Waals surface area contributed by atoms with Crippen molar-refractivity contribution in [3.63, 3.8) is 0 Å². The van der Waals surface area contributed by atoms with Gasteiger partial charge in [0, 0.05) is 19.2 Å². The second-order valence-corrected chi connectivity index (χ2v) is 6.28. The fraction of sp³-hybridized carbons (Fsp3) is 0.368. The molecule has 118 valence electrons. The predicted octanol–water partition coefficient (Wildman–Crippen LogP) is 3.51. The SMILES string of the molecule is Cc1ccc(Cc2nc3cccnc3n2CC2CCCO2)cc1. The summed E-state index contributed by atoms with van der Waals surface area (Å²) in [6.07, 6.45) is 5.22. The number of imidazole rings is 1. The monoisotopic (exact) mass is 307 g/mol. The average molecular weight is 307 g/mol. The number of nitrogens with zero attached hydrogens (tertiary/aromatic N) is 3. The second kappa shape index (κ2) is 6.13. The van der Waals surface area contributed by atoms with Gasteiger partial charge < -0.3 is 9.30 Å². The summed E-state index contributed by atoms with van der Waals surface area (Å²) < 4.78 is 8.06. The molecule has 0 radical (unpaired) electrons. The molecular formula is C19H21N3O. The Morgan fingerprint density at radius 2 is 2.09 bits per heavy atom. The number of hydrogen-bond acceptors (Lipinski definition) is 3. The number of aryl methyl sites for hydroxylation is 1. The summed E-state index contributed by atoms with van der Waals surface area (Å²) in [7, 11) is 0. The highest BCUT2D eigenvalue weighted by Gasteiger charge is 2.20. The number of fused-ring (bicyclic) bond motifs is 1. The molecule has 4 heteroatoms. The molecule has 0 N–H and O–H groups in total. The van der Waals surface area contributed by atoms with E-state index in [1.165, 1.54) is 11.1 Å². The summed E-state index contributed by atoms with van der Waals surface area (Å²) in [5.74, 6) is 1.07. The maximum absolute atomic E-state index is 5.82. The Morgan fingerprint density at radius 3 is 2.87 bits per heavy atom. The van der Waals surface area contributed by atoms with Crippen LogP contribution in [0.25, 0.3) is 11.2 Å². The van der Waals surface area contributed by atoms with Crippen LogP contribution in [0.3, 0.4) is 0 Å². The second-order valence-electron chi connectivity index (χ2n) is 6.28. The van der Waals surface area contributed by atoms with Crippen molar-refractivity contribution in [2.24, 2.45) is 0 Å². The van der Waals surface area contributed by atoms with E-state index in [0.29, 0.717) is 0 Å². The van der Waals surface area contributed by atoms with E-state index in [-0.39, 0.29) is 6.10 Å². The summed E-state index contributed by atoms with van der Waals surface area (Å²) in [6, 6.07) is 12.6. The molecule has 3 aromatic rings. The van der Waals surface area contributed by atoms with Gasteiger partial charge in [-0.05, 0) is 37.5 Å². The van der Waals surface area contributed by atoms with Crippen molar-refractivity contribution in [2.75, 3.05) is 6.61 Å². The van der Waals surface area contributed by atoms with Gasteiger partial charge in [0.1, 0.15) is 11.3 Å². The van der Waals surface area contributed by atoms with E-state index >= 15 is 0 Å². The van der Waals surface area contributed by atoms with Crippen LogP contribution in [0.1, 0.15) is 29.8 Å². The van der Waals surface area contributed by atoms with E-state index in [4.69, 9.17) is 9.72 Å². The standard InChI is InChI=1S/C19H21N3O/c1-14-6-8-15(9-7-14)12-18-21-17-5-2-10-20-19(17)22(18)13-16-4-3-11-23-16/h2,5-10,16H,3-4,11-13H2,1H3. The Bertz CT molecular complexity index is 801. The maximum Gasteiger partial charge on any atom is 0.160 e. The van der Waals surface area contributed by atoms with Crippen LogP contribution in [0.15, 0.2) is 42.6 Å². The maximum atomic E-state index is 5.82. The Hall–Kier alpha value is -2.20. The molecule has 1 fully saturated rings. The van der Waals surface area contributed by atoms with Crippen LogP contribution in [0.5, 0.6) is 0 Å². The minimum Gasteiger partial charge on any atom is -0.376 e. The summed E-state index contributed by atoms with van der Waals surface area (Å²) in [5.41, 5.74) is 4.49. The molecule has 1 atom stereocenters.